The smallest absolute Gasteiger partial charge is 0.151 e. The number of methoxy groups -OCH3 is 1. The lowest BCUT2D eigenvalue weighted by Crippen LogP contribution is -2.23. The third-order valence-electron chi connectivity index (χ3n) is 3.55. The van der Waals surface area contributed by atoms with E-state index in [1.807, 2.05) is 24.3 Å². The summed E-state index contributed by atoms with van der Waals surface area (Å²) in [4.78, 5) is 0. The molecule has 0 heterocycles. The van der Waals surface area contributed by atoms with Gasteiger partial charge >= 0.3 is 0 Å². The van der Waals surface area contributed by atoms with Gasteiger partial charge in [0.25, 0.3) is 0 Å². The summed E-state index contributed by atoms with van der Waals surface area (Å²) in [6.45, 7) is 2.70. The van der Waals surface area contributed by atoms with Crippen LogP contribution in [0.1, 0.15) is 12.5 Å². The number of hydrogen-bond donors (Lipinski definition) is 1. The number of rotatable bonds is 7. The number of hydrogen-bond acceptors (Lipinski definition) is 4. The maximum absolute atomic E-state index is 11.5. The minimum atomic E-state index is -2.93. The van der Waals surface area contributed by atoms with Crippen LogP contribution in [-0.4, -0.2) is 33.6 Å². The van der Waals surface area contributed by atoms with Gasteiger partial charge in [0, 0.05) is 24.4 Å². The van der Waals surface area contributed by atoms with Crippen LogP contribution >= 0.6 is 0 Å². The molecule has 0 radical (unpaired) electrons. The standard InChI is InChI=1S/C16H21NO3S/c1-3-21(18,19)11-10-17-12-15-14-7-5-4-6-13(14)8-9-16(15)20-2/h4-9,17H,3,10-12H2,1-2H3. The molecule has 5 heteroatoms. The van der Waals surface area contributed by atoms with Crippen molar-refractivity contribution in [2.45, 2.75) is 13.5 Å². The Balaban J connectivity index is 2.14. The second kappa shape index (κ2) is 6.91. The van der Waals surface area contributed by atoms with Gasteiger partial charge in [0.2, 0.25) is 0 Å². The molecule has 0 fully saturated rings. The van der Waals surface area contributed by atoms with Crippen LogP contribution in [0.2, 0.25) is 0 Å². The number of ether oxygens (including phenoxy) is 1. The summed E-state index contributed by atoms with van der Waals surface area (Å²) < 4.78 is 28.4. The molecule has 0 aliphatic carbocycles. The van der Waals surface area contributed by atoms with E-state index in [0.29, 0.717) is 13.1 Å². The summed E-state index contributed by atoms with van der Waals surface area (Å²) in [6, 6.07) is 12.1. The van der Waals surface area contributed by atoms with Crippen molar-refractivity contribution in [3.05, 3.63) is 42.0 Å². The van der Waals surface area contributed by atoms with Crippen LogP contribution in [0.4, 0.5) is 0 Å². The zero-order chi connectivity index (χ0) is 15.3. The van der Waals surface area contributed by atoms with Gasteiger partial charge in [-0.15, -0.1) is 0 Å². The second-order valence-electron chi connectivity index (χ2n) is 4.88. The van der Waals surface area contributed by atoms with Crippen molar-refractivity contribution in [2.75, 3.05) is 25.2 Å². The van der Waals surface area contributed by atoms with Crippen LogP contribution in [0.3, 0.4) is 0 Å². The van der Waals surface area contributed by atoms with Gasteiger partial charge in [-0.3, -0.25) is 0 Å². The average molecular weight is 307 g/mol. The fourth-order valence-electron chi connectivity index (χ4n) is 2.27. The predicted octanol–water partition coefficient (Wildman–Crippen LogP) is 2.37. The van der Waals surface area contributed by atoms with Gasteiger partial charge in [0.05, 0.1) is 12.9 Å². The highest BCUT2D eigenvalue weighted by molar-refractivity contribution is 7.91. The van der Waals surface area contributed by atoms with E-state index in [1.165, 1.54) is 0 Å². The van der Waals surface area contributed by atoms with Gasteiger partial charge in [-0.05, 0) is 16.8 Å². The molecule has 4 nitrogen and oxygen atoms in total. The normalized spacial score (nSPS) is 11.7. The van der Waals surface area contributed by atoms with E-state index in [4.69, 9.17) is 4.74 Å². The molecule has 0 saturated carbocycles. The summed E-state index contributed by atoms with van der Waals surface area (Å²) >= 11 is 0. The van der Waals surface area contributed by atoms with Gasteiger partial charge in [-0.2, -0.15) is 0 Å². The number of sulfone groups is 1. The van der Waals surface area contributed by atoms with Crippen molar-refractivity contribution in [2.24, 2.45) is 0 Å². The summed E-state index contributed by atoms with van der Waals surface area (Å²) in [6.07, 6.45) is 0. The van der Waals surface area contributed by atoms with Crippen molar-refractivity contribution in [3.8, 4) is 5.75 Å². The SMILES string of the molecule is CCS(=O)(=O)CCNCc1c(OC)ccc2ccccc12. The van der Waals surface area contributed by atoms with Gasteiger partial charge in [-0.25, -0.2) is 8.42 Å². The van der Waals surface area contributed by atoms with Crippen LogP contribution in [0.5, 0.6) is 5.75 Å². The van der Waals surface area contributed by atoms with Crippen LogP contribution in [0.25, 0.3) is 10.8 Å². The highest BCUT2D eigenvalue weighted by Crippen LogP contribution is 2.27. The minimum Gasteiger partial charge on any atom is -0.496 e. The molecule has 114 valence electrons. The highest BCUT2D eigenvalue weighted by atomic mass is 32.2. The Hall–Kier alpha value is -1.59. The molecular formula is C16H21NO3S. The fraction of sp³-hybridized carbons (Fsp3) is 0.375. The molecule has 0 bridgehead atoms. The first-order valence-corrected chi connectivity index (χ1v) is 8.85. The molecule has 0 unspecified atom stereocenters. The van der Waals surface area contributed by atoms with Crippen molar-refractivity contribution < 1.29 is 13.2 Å². The fourth-order valence-corrected chi connectivity index (χ4v) is 3.02. The van der Waals surface area contributed by atoms with Crippen molar-refractivity contribution in [1.29, 1.82) is 0 Å². The van der Waals surface area contributed by atoms with E-state index in [9.17, 15) is 8.42 Å². The predicted molar refractivity (Wildman–Crippen MR) is 86.5 cm³/mol. The average Bonchev–Trinajstić information content (AvgIpc) is 2.51. The monoisotopic (exact) mass is 307 g/mol. The molecule has 21 heavy (non-hydrogen) atoms. The van der Waals surface area contributed by atoms with Crippen LogP contribution in [-0.2, 0) is 16.4 Å². The molecule has 2 rings (SSSR count). The first-order valence-electron chi connectivity index (χ1n) is 7.03. The Morgan fingerprint density at radius 3 is 2.62 bits per heavy atom. The van der Waals surface area contributed by atoms with Gasteiger partial charge in [-0.1, -0.05) is 37.3 Å². The zero-order valence-corrected chi connectivity index (χ0v) is 13.2. The molecule has 0 spiro atoms. The molecule has 2 aromatic carbocycles. The molecule has 2 aromatic rings. The van der Waals surface area contributed by atoms with Crippen LogP contribution in [0.15, 0.2) is 36.4 Å². The lowest BCUT2D eigenvalue weighted by Gasteiger charge is -2.13. The second-order valence-corrected chi connectivity index (χ2v) is 7.35. The van der Waals surface area contributed by atoms with E-state index < -0.39 is 9.84 Å². The molecule has 0 aliphatic rings. The summed E-state index contributed by atoms with van der Waals surface area (Å²) in [5, 5.41) is 5.48. The lowest BCUT2D eigenvalue weighted by molar-refractivity contribution is 0.409. The molecule has 0 amide bonds. The van der Waals surface area contributed by atoms with Crippen LogP contribution < -0.4 is 10.1 Å². The summed E-state index contributed by atoms with van der Waals surface area (Å²) in [7, 11) is -1.28. The summed E-state index contributed by atoms with van der Waals surface area (Å²) in [5.41, 5.74) is 1.06. The Morgan fingerprint density at radius 2 is 1.90 bits per heavy atom. The lowest BCUT2D eigenvalue weighted by atomic mass is 10.0. The zero-order valence-electron chi connectivity index (χ0n) is 12.4. The third-order valence-corrected chi connectivity index (χ3v) is 5.25. The van der Waals surface area contributed by atoms with Crippen molar-refractivity contribution >= 4 is 20.6 Å². The molecular weight excluding hydrogens is 286 g/mol. The summed E-state index contributed by atoms with van der Waals surface area (Å²) in [5.74, 6) is 1.17. The quantitative estimate of drug-likeness (QED) is 0.798. The largest absolute Gasteiger partial charge is 0.496 e. The molecule has 0 atom stereocenters. The molecule has 0 saturated heterocycles. The van der Waals surface area contributed by atoms with E-state index in [2.05, 4.69) is 17.4 Å². The van der Waals surface area contributed by atoms with Crippen LogP contribution in [0, 0.1) is 0 Å². The minimum absolute atomic E-state index is 0.163. The first-order chi connectivity index (χ1) is 10.1. The topological polar surface area (TPSA) is 55.4 Å². The van der Waals surface area contributed by atoms with Gasteiger partial charge < -0.3 is 10.1 Å². The molecule has 0 aliphatic heterocycles. The van der Waals surface area contributed by atoms with E-state index in [0.717, 1.165) is 22.1 Å². The number of fused-ring (bicyclic) bond motifs is 1. The maximum atomic E-state index is 11.5. The number of benzene rings is 2. The van der Waals surface area contributed by atoms with Crippen molar-refractivity contribution in [3.63, 3.8) is 0 Å². The Bertz CT molecular complexity index is 711. The Kier molecular flexibility index (Phi) is 5.20. The van der Waals surface area contributed by atoms with Gasteiger partial charge in [0.1, 0.15) is 5.75 Å². The van der Waals surface area contributed by atoms with E-state index in [-0.39, 0.29) is 11.5 Å². The molecule has 1 N–H and O–H groups in total. The Morgan fingerprint density at radius 1 is 1.14 bits per heavy atom. The highest BCUT2D eigenvalue weighted by Gasteiger charge is 2.09. The first kappa shape index (κ1) is 15.8. The number of nitrogens with one attached hydrogen (secondary N) is 1. The van der Waals surface area contributed by atoms with Gasteiger partial charge in [0.15, 0.2) is 9.84 Å². The van der Waals surface area contributed by atoms with E-state index in [1.54, 1.807) is 14.0 Å². The Labute approximate surface area is 126 Å². The maximum Gasteiger partial charge on any atom is 0.151 e. The molecule has 0 aromatic heterocycles. The van der Waals surface area contributed by atoms with E-state index >= 15 is 0 Å². The third kappa shape index (κ3) is 3.95. The van der Waals surface area contributed by atoms with Crippen molar-refractivity contribution in [1.82, 2.24) is 5.32 Å².